The minimum absolute atomic E-state index is 0.116. The van der Waals surface area contributed by atoms with Crippen molar-refractivity contribution in [2.45, 2.75) is 45.4 Å². The van der Waals surface area contributed by atoms with E-state index in [-0.39, 0.29) is 5.78 Å². The monoisotopic (exact) mass is 230 g/mol. The molecule has 0 unspecified atom stereocenters. The van der Waals surface area contributed by atoms with Gasteiger partial charge in [-0.3, -0.25) is 9.59 Å². The number of hydrogen-bond donors (Lipinski definition) is 0. The maximum absolute atomic E-state index is 13.0. The van der Waals surface area contributed by atoms with Gasteiger partial charge in [0.15, 0.2) is 0 Å². The van der Waals surface area contributed by atoms with Crippen LogP contribution in [0.5, 0.6) is 0 Å². The van der Waals surface area contributed by atoms with Gasteiger partial charge in [0.05, 0.1) is 12.0 Å². The Balaban J connectivity index is 2.51. The van der Waals surface area contributed by atoms with E-state index in [1.165, 1.54) is 0 Å². The summed E-state index contributed by atoms with van der Waals surface area (Å²) in [5, 5.41) is 0. The Morgan fingerprint density at radius 1 is 1.44 bits per heavy atom. The summed E-state index contributed by atoms with van der Waals surface area (Å²) in [6.45, 7) is 1.63. The Hall–Kier alpha value is -0.930. The molecule has 1 fully saturated rings. The molecule has 4 heteroatoms. The van der Waals surface area contributed by atoms with Crippen LogP contribution in [0.2, 0.25) is 0 Å². The van der Waals surface area contributed by atoms with Gasteiger partial charge in [-0.1, -0.05) is 13.3 Å². The first-order valence-corrected chi connectivity index (χ1v) is 5.89. The van der Waals surface area contributed by atoms with Gasteiger partial charge in [0.2, 0.25) is 0 Å². The van der Waals surface area contributed by atoms with E-state index < -0.39 is 18.1 Å². The highest BCUT2D eigenvalue weighted by Gasteiger charge is 2.43. The Bertz CT molecular complexity index is 253. The maximum Gasteiger partial charge on any atom is 0.314 e. The molecule has 1 saturated carbocycles. The fourth-order valence-corrected chi connectivity index (χ4v) is 1.86. The Kier molecular flexibility index (Phi) is 4.90. The molecule has 0 radical (unpaired) electrons. The molecule has 16 heavy (non-hydrogen) atoms. The van der Waals surface area contributed by atoms with Crippen LogP contribution in [0, 0.1) is 5.41 Å². The largest absolute Gasteiger partial charge is 0.465 e. The molecule has 0 aromatic heterocycles. The number of unbranched alkanes of at least 4 members (excludes halogenated alkanes) is 1. The van der Waals surface area contributed by atoms with Crippen LogP contribution in [0.3, 0.4) is 0 Å². The second-order valence-corrected chi connectivity index (χ2v) is 4.44. The molecule has 0 heterocycles. The molecule has 1 aliphatic rings. The van der Waals surface area contributed by atoms with Crippen LogP contribution in [-0.2, 0) is 14.3 Å². The van der Waals surface area contributed by atoms with Crippen LogP contribution in [0.1, 0.15) is 45.4 Å². The summed E-state index contributed by atoms with van der Waals surface area (Å²) in [7, 11) is 0. The lowest BCUT2D eigenvalue weighted by molar-refractivity contribution is -0.160. The summed E-state index contributed by atoms with van der Waals surface area (Å²) in [4.78, 5) is 22.8. The van der Waals surface area contributed by atoms with Crippen LogP contribution < -0.4 is 0 Å². The van der Waals surface area contributed by atoms with Crippen molar-refractivity contribution in [2.24, 2.45) is 5.41 Å². The lowest BCUT2D eigenvalue weighted by Gasteiger charge is -2.31. The number of alkyl halides is 1. The third-order valence-corrected chi connectivity index (χ3v) is 3.18. The van der Waals surface area contributed by atoms with Gasteiger partial charge in [0, 0.05) is 12.8 Å². The van der Waals surface area contributed by atoms with Gasteiger partial charge in [-0.25, -0.2) is 4.39 Å². The average molecular weight is 230 g/mol. The zero-order valence-electron chi connectivity index (χ0n) is 9.76. The quantitative estimate of drug-likeness (QED) is 0.538. The number of Topliss-reactive ketones (excluding diaryl/α,β-unsaturated/α-hetero) is 1. The number of hydrogen-bond acceptors (Lipinski definition) is 3. The van der Waals surface area contributed by atoms with E-state index in [4.69, 9.17) is 4.74 Å². The van der Waals surface area contributed by atoms with Crippen LogP contribution in [0.4, 0.5) is 4.39 Å². The Morgan fingerprint density at radius 2 is 2.06 bits per heavy atom. The molecule has 0 saturated heterocycles. The smallest absolute Gasteiger partial charge is 0.314 e. The molecule has 0 amide bonds. The van der Waals surface area contributed by atoms with Crippen molar-refractivity contribution in [3.8, 4) is 0 Å². The fraction of sp³-hybridized carbons (Fsp3) is 0.833. The number of carbonyl (C=O) groups is 2. The van der Waals surface area contributed by atoms with Crippen molar-refractivity contribution in [1.82, 2.24) is 0 Å². The van der Waals surface area contributed by atoms with Gasteiger partial charge < -0.3 is 4.74 Å². The van der Waals surface area contributed by atoms with Crippen LogP contribution in [0.25, 0.3) is 0 Å². The van der Waals surface area contributed by atoms with Gasteiger partial charge in [0.25, 0.3) is 0 Å². The molecule has 0 atom stereocenters. The number of rotatable bonds is 5. The van der Waals surface area contributed by atoms with Crippen LogP contribution >= 0.6 is 0 Å². The zero-order chi connectivity index (χ0) is 12.0. The van der Waals surface area contributed by atoms with Crippen molar-refractivity contribution >= 4 is 11.8 Å². The number of ether oxygens (including phenoxy) is 1. The average Bonchev–Trinajstić information content (AvgIpc) is 2.31. The van der Waals surface area contributed by atoms with E-state index in [0.29, 0.717) is 32.3 Å². The molecule has 0 bridgehead atoms. The summed E-state index contributed by atoms with van der Waals surface area (Å²) in [5.74, 6) is -0.346. The molecule has 92 valence electrons. The summed E-state index contributed by atoms with van der Waals surface area (Å²) < 4.78 is 18.1. The zero-order valence-corrected chi connectivity index (χ0v) is 9.76. The molecule has 0 aliphatic heterocycles. The van der Waals surface area contributed by atoms with E-state index in [9.17, 15) is 14.0 Å². The van der Waals surface area contributed by atoms with Crippen molar-refractivity contribution < 1.29 is 18.7 Å². The van der Waals surface area contributed by atoms with Crippen molar-refractivity contribution in [1.29, 1.82) is 0 Å². The third kappa shape index (κ3) is 3.03. The second-order valence-electron chi connectivity index (χ2n) is 4.44. The van der Waals surface area contributed by atoms with Gasteiger partial charge >= 0.3 is 5.97 Å². The van der Waals surface area contributed by atoms with Crippen molar-refractivity contribution in [3.05, 3.63) is 0 Å². The number of halogens is 1. The normalized spacial score (nSPS) is 19.5. The van der Waals surface area contributed by atoms with Gasteiger partial charge in [-0.15, -0.1) is 0 Å². The summed E-state index contributed by atoms with van der Waals surface area (Å²) in [6.07, 6.45) is 2.93. The molecular formula is C12H19FO3. The van der Waals surface area contributed by atoms with Crippen molar-refractivity contribution in [2.75, 3.05) is 13.3 Å². The fourth-order valence-electron chi connectivity index (χ4n) is 1.86. The predicted molar refractivity (Wildman–Crippen MR) is 57.8 cm³/mol. The number of carbonyl (C=O) groups excluding carboxylic acids is 2. The van der Waals surface area contributed by atoms with E-state index in [1.54, 1.807) is 0 Å². The first-order valence-electron chi connectivity index (χ1n) is 5.89. The molecule has 0 spiro atoms. The third-order valence-electron chi connectivity index (χ3n) is 3.18. The highest BCUT2D eigenvalue weighted by Crippen LogP contribution is 2.36. The Morgan fingerprint density at radius 3 is 2.56 bits per heavy atom. The SMILES string of the molecule is CCCCOC(=O)C1(CF)CCC(=O)CC1. The van der Waals surface area contributed by atoms with E-state index >= 15 is 0 Å². The standard InChI is InChI=1S/C12H19FO3/c1-2-3-8-16-11(15)12(9-13)6-4-10(14)5-7-12/h2-9H2,1H3. The number of ketones is 1. The first kappa shape index (κ1) is 13.1. The maximum atomic E-state index is 13.0. The molecule has 1 aliphatic carbocycles. The minimum atomic E-state index is -1.04. The molecule has 0 aromatic carbocycles. The van der Waals surface area contributed by atoms with E-state index in [1.807, 2.05) is 6.92 Å². The second kappa shape index (κ2) is 5.97. The van der Waals surface area contributed by atoms with Gasteiger partial charge in [0.1, 0.15) is 12.5 Å². The number of esters is 1. The molecule has 1 rings (SSSR count). The molecule has 0 N–H and O–H groups in total. The summed E-state index contributed by atoms with van der Waals surface area (Å²) in [5.41, 5.74) is -1.04. The topological polar surface area (TPSA) is 43.4 Å². The predicted octanol–water partition coefficient (Wildman–Crippen LogP) is 2.43. The minimum Gasteiger partial charge on any atom is -0.465 e. The van der Waals surface area contributed by atoms with E-state index in [2.05, 4.69) is 0 Å². The highest BCUT2D eigenvalue weighted by molar-refractivity contribution is 5.84. The molecule has 0 aromatic rings. The van der Waals surface area contributed by atoms with Crippen molar-refractivity contribution in [3.63, 3.8) is 0 Å². The lowest BCUT2D eigenvalue weighted by Crippen LogP contribution is -2.39. The van der Waals surface area contributed by atoms with Crippen LogP contribution in [-0.4, -0.2) is 25.0 Å². The Labute approximate surface area is 95.3 Å². The highest BCUT2D eigenvalue weighted by atomic mass is 19.1. The molecule has 3 nitrogen and oxygen atoms in total. The lowest BCUT2D eigenvalue weighted by atomic mass is 9.74. The molecular weight excluding hydrogens is 211 g/mol. The first-order chi connectivity index (χ1) is 7.64. The summed E-state index contributed by atoms with van der Waals surface area (Å²) in [6, 6.07) is 0. The summed E-state index contributed by atoms with van der Waals surface area (Å²) >= 11 is 0. The van der Waals surface area contributed by atoms with E-state index in [0.717, 1.165) is 12.8 Å². The van der Waals surface area contributed by atoms with Gasteiger partial charge in [-0.05, 0) is 19.3 Å². The van der Waals surface area contributed by atoms with Crippen LogP contribution in [0.15, 0.2) is 0 Å². The van der Waals surface area contributed by atoms with Gasteiger partial charge in [-0.2, -0.15) is 0 Å².